The van der Waals surface area contributed by atoms with Crippen molar-refractivity contribution in [2.24, 2.45) is 5.92 Å². The van der Waals surface area contributed by atoms with Crippen molar-refractivity contribution < 1.29 is 9.53 Å². The first-order valence-electron chi connectivity index (χ1n) is 9.70. The smallest absolute Gasteiger partial charge is 0.228 e. The summed E-state index contributed by atoms with van der Waals surface area (Å²) in [7, 11) is 0. The molecular weight excluding hydrogens is 399 g/mol. The Balaban J connectivity index is 0.00000140. The number of nitrogens with one attached hydrogen (secondary N) is 2. The number of benzene rings is 1. The minimum absolute atomic E-state index is 0. The minimum Gasteiger partial charge on any atom is -0.379 e. The zero-order valence-electron chi connectivity index (χ0n) is 16.1. The van der Waals surface area contributed by atoms with Crippen LogP contribution in [0, 0.1) is 5.92 Å². The second kappa shape index (κ2) is 11.0. The van der Waals surface area contributed by atoms with Crippen LogP contribution in [0.25, 0.3) is 10.9 Å². The van der Waals surface area contributed by atoms with E-state index in [1.54, 1.807) is 0 Å². The van der Waals surface area contributed by atoms with E-state index in [9.17, 15) is 4.79 Å². The van der Waals surface area contributed by atoms with Crippen LogP contribution in [0.15, 0.2) is 30.5 Å². The summed E-state index contributed by atoms with van der Waals surface area (Å²) < 4.78 is 7.70. The van der Waals surface area contributed by atoms with Crippen LogP contribution < -0.4 is 10.6 Å². The Bertz CT molecular complexity index is 756. The Labute approximate surface area is 178 Å². The summed E-state index contributed by atoms with van der Waals surface area (Å²) in [6.07, 6.45) is 4.18. The maximum Gasteiger partial charge on any atom is 0.228 e. The van der Waals surface area contributed by atoms with Crippen molar-refractivity contribution in [1.29, 1.82) is 0 Å². The SMILES string of the molecule is Cl.Cl.O=C(Nc1ccc2c(ccn2CCN2CCOCC2)c1)C1CCCNC1. The molecule has 4 rings (SSSR count). The molecule has 28 heavy (non-hydrogen) atoms. The molecule has 2 saturated heterocycles. The molecule has 156 valence electrons. The number of ether oxygens (including phenoxy) is 1. The first kappa shape index (κ1) is 23.0. The number of carbonyl (C=O) groups excluding carboxylic acids is 1. The number of rotatable bonds is 5. The van der Waals surface area contributed by atoms with Crippen LogP contribution in [0.5, 0.6) is 0 Å². The summed E-state index contributed by atoms with van der Waals surface area (Å²) in [5, 5.41) is 7.56. The lowest BCUT2D eigenvalue weighted by atomic mass is 9.99. The second-order valence-corrected chi connectivity index (χ2v) is 7.27. The molecule has 1 amide bonds. The Morgan fingerprint density at radius 2 is 2.00 bits per heavy atom. The van der Waals surface area contributed by atoms with Gasteiger partial charge in [0.2, 0.25) is 5.91 Å². The van der Waals surface area contributed by atoms with Gasteiger partial charge in [-0.25, -0.2) is 0 Å². The number of piperidine rings is 1. The predicted molar refractivity (Wildman–Crippen MR) is 118 cm³/mol. The number of halogens is 2. The van der Waals surface area contributed by atoms with Crippen LogP contribution in [0.2, 0.25) is 0 Å². The summed E-state index contributed by atoms with van der Waals surface area (Å²) >= 11 is 0. The van der Waals surface area contributed by atoms with Gasteiger partial charge in [-0.1, -0.05) is 0 Å². The number of fused-ring (bicyclic) bond motifs is 1. The van der Waals surface area contributed by atoms with Gasteiger partial charge in [-0.05, 0) is 43.7 Å². The van der Waals surface area contributed by atoms with Gasteiger partial charge in [0.25, 0.3) is 0 Å². The normalized spacial score (nSPS) is 20.2. The number of morpholine rings is 1. The Morgan fingerprint density at radius 3 is 2.75 bits per heavy atom. The van der Waals surface area contributed by atoms with Crippen molar-refractivity contribution >= 4 is 47.3 Å². The predicted octanol–water partition coefficient (Wildman–Crippen LogP) is 2.76. The molecule has 6 nitrogen and oxygen atoms in total. The van der Waals surface area contributed by atoms with E-state index in [1.165, 1.54) is 10.9 Å². The van der Waals surface area contributed by atoms with E-state index >= 15 is 0 Å². The van der Waals surface area contributed by atoms with Gasteiger partial charge in [-0.3, -0.25) is 9.69 Å². The zero-order chi connectivity index (χ0) is 17.8. The van der Waals surface area contributed by atoms with Crippen LogP contribution in [-0.2, 0) is 16.1 Å². The third-order valence-electron chi connectivity index (χ3n) is 5.47. The lowest BCUT2D eigenvalue weighted by molar-refractivity contribution is -0.120. The first-order valence-corrected chi connectivity index (χ1v) is 9.70. The standard InChI is InChI=1S/C20H28N4O2.2ClH/c25-20(17-2-1-6-21-15-17)22-18-3-4-19-16(14-18)5-7-24(19)9-8-23-10-12-26-13-11-23;;/h3-5,7,14,17,21H,1-2,6,8-13,15H2,(H,22,25);2*1H. The summed E-state index contributed by atoms with van der Waals surface area (Å²) in [4.78, 5) is 14.9. The molecular formula is C20H30Cl2N4O2. The molecule has 2 fully saturated rings. The average Bonchev–Trinajstić information content (AvgIpc) is 3.10. The molecule has 0 radical (unpaired) electrons. The third kappa shape index (κ3) is 5.61. The highest BCUT2D eigenvalue weighted by atomic mass is 35.5. The van der Waals surface area contributed by atoms with Gasteiger partial charge in [0.15, 0.2) is 0 Å². The number of amides is 1. The van der Waals surface area contributed by atoms with Gasteiger partial charge >= 0.3 is 0 Å². The first-order chi connectivity index (χ1) is 12.8. The minimum atomic E-state index is 0. The fourth-order valence-electron chi connectivity index (χ4n) is 3.87. The lowest BCUT2D eigenvalue weighted by Crippen LogP contribution is -2.38. The number of hydrogen-bond donors (Lipinski definition) is 2. The molecule has 0 bridgehead atoms. The van der Waals surface area contributed by atoms with E-state index in [1.807, 2.05) is 6.07 Å². The van der Waals surface area contributed by atoms with E-state index in [0.29, 0.717) is 0 Å². The number of nitrogens with zero attached hydrogens (tertiary/aromatic N) is 2. The molecule has 2 aliphatic heterocycles. The molecule has 3 heterocycles. The van der Waals surface area contributed by atoms with Crippen molar-refractivity contribution in [3.63, 3.8) is 0 Å². The number of anilines is 1. The quantitative estimate of drug-likeness (QED) is 0.768. The van der Waals surface area contributed by atoms with Crippen LogP contribution >= 0.6 is 24.8 Å². The Kier molecular flexibility index (Phi) is 9.05. The number of aromatic nitrogens is 1. The van der Waals surface area contributed by atoms with E-state index < -0.39 is 0 Å². The molecule has 1 aromatic carbocycles. The maximum absolute atomic E-state index is 12.4. The Hall–Kier alpha value is -1.31. The molecule has 2 aromatic rings. The summed E-state index contributed by atoms with van der Waals surface area (Å²) in [6.45, 7) is 7.54. The van der Waals surface area contributed by atoms with Crippen LogP contribution in [-0.4, -0.2) is 61.3 Å². The number of carbonyl (C=O) groups is 1. The van der Waals surface area contributed by atoms with Crippen molar-refractivity contribution in [2.75, 3.05) is 51.3 Å². The molecule has 8 heteroatoms. The van der Waals surface area contributed by atoms with E-state index in [-0.39, 0.29) is 36.6 Å². The molecule has 1 unspecified atom stereocenters. The van der Waals surface area contributed by atoms with Gasteiger partial charge in [-0.15, -0.1) is 24.8 Å². The fraction of sp³-hybridized carbons (Fsp3) is 0.550. The van der Waals surface area contributed by atoms with Crippen LogP contribution in [0.3, 0.4) is 0 Å². The highest BCUT2D eigenvalue weighted by molar-refractivity contribution is 5.95. The molecule has 2 N–H and O–H groups in total. The van der Waals surface area contributed by atoms with Gasteiger partial charge in [0.05, 0.1) is 19.1 Å². The maximum atomic E-state index is 12.4. The topological polar surface area (TPSA) is 58.5 Å². The fourth-order valence-corrected chi connectivity index (χ4v) is 3.87. The van der Waals surface area contributed by atoms with Crippen molar-refractivity contribution in [1.82, 2.24) is 14.8 Å². The number of hydrogen-bond acceptors (Lipinski definition) is 4. The highest BCUT2D eigenvalue weighted by Gasteiger charge is 2.21. The van der Waals surface area contributed by atoms with Gasteiger partial charge in [0, 0.05) is 55.5 Å². The highest BCUT2D eigenvalue weighted by Crippen LogP contribution is 2.22. The van der Waals surface area contributed by atoms with Crippen molar-refractivity contribution in [3.8, 4) is 0 Å². The largest absolute Gasteiger partial charge is 0.379 e. The van der Waals surface area contributed by atoms with Gasteiger partial charge < -0.3 is 19.9 Å². The van der Waals surface area contributed by atoms with Crippen molar-refractivity contribution in [3.05, 3.63) is 30.5 Å². The van der Waals surface area contributed by atoms with E-state index in [2.05, 4.69) is 44.5 Å². The van der Waals surface area contributed by atoms with E-state index in [4.69, 9.17) is 4.74 Å². The molecule has 0 spiro atoms. The summed E-state index contributed by atoms with van der Waals surface area (Å²) in [6, 6.07) is 8.34. The van der Waals surface area contributed by atoms with Crippen LogP contribution in [0.1, 0.15) is 12.8 Å². The van der Waals surface area contributed by atoms with Crippen LogP contribution in [0.4, 0.5) is 5.69 Å². The third-order valence-corrected chi connectivity index (χ3v) is 5.47. The molecule has 0 aliphatic carbocycles. The molecule has 1 atom stereocenters. The Morgan fingerprint density at radius 1 is 1.18 bits per heavy atom. The monoisotopic (exact) mass is 428 g/mol. The van der Waals surface area contributed by atoms with Crippen molar-refractivity contribution in [2.45, 2.75) is 19.4 Å². The zero-order valence-corrected chi connectivity index (χ0v) is 17.7. The molecule has 1 aromatic heterocycles. The second-order valence-electron chi connectivity index (χ2n) is 7.27. The molecule has 0 saturated carbocycles. The lowest BCUT2D eigenvalue weighted by Gasteiger charge is -2.26. The molecule has 2 aliphatic rings. The van der Waals surface area contributed by atoms with Gasteiger partial charge in [0.1, 0.15) is 0 Å². The van der Waals surface area contributed by atoms with Gasteiger partial charge in [-0.2, -0.15) is 0 Å². The summed E-state index contributed by atoms with van der Waals surface area (Å²) in [5.74, 6) is 0.209. The summed E-state index contributed by atoms with van der Waals surface area (Å²) in [5.41, 5.74) is 2.11. The average molecular weight is 429 g/mol. The van der Waals surface area contributed by atoms with E-state index in [0.717, 1.165) is 71.0 Å².